The van der Waals surface area contributed by atoms with Gasteiger partial charge < -0.3 is 14.2 Å². The highest BCUT2D eigenvalue weighted by Crippen LogP contribution is 2.34. The van der Waals surface area contributed by atoms with Gasteiger partial charge in [0.05, 0.1) is 33.1 Å². The van der Waals surface area contributed by atoms with Gasteiger partial charge in [0.15, 0.2) is 5.82 Å². The Morgan fingerprint density at radius 1 is 1.12 bits per heavy atom. The van der Waals surface area contributed by atoms with E-state index in [0.29, 0.717) is 33.5 Å². The predicted octanol–water partition coefficient (Wildman–Crippen LogP) is 3.90. The molecule has 0 aliphatic heterocycles. The number of aromatic nitrogens is 3. The summed E-state index contributed by atoms with van der Waals surface area (Å²) in [5.74, 6) is 3.14. The summed E-state index contributed by atoms with van der Waals surface area (Å²) in [6.07, 6.45) is 7.64. The molecule has 1 aliphatic carbocycles. The van der Waals surface area contributed by atoms with E-state index in [4.69, 9.17) is 26.4 Å². The van der Waals surface area contributed by atoms with Gasteiger partial charge in [-0.2, -0.15) is 14.9 Å². The van der Waals surface area contributed by atoms with Crippen LogP contribution in [0, 0.1) is 4.77 Å². The van der Waals surface area contributed by atoms with Gasteiger partial charge in [0, 0.05) is 18.1 Å². The first-order valence-corrected chi connectivity index (χ1v) is 9.10. The van der Waals surface area contributed by atoms with E-state index >= 15 is 0 Å². The quantitative estimate of drug-likeness (QED) is 0.611. The maximum atomic E-state index is 5.47. The topological polar surface area (TPSA) is 73.7 Å². The van der Waals surface area contributed by atoms with Gasteiger partial charge in [-0.15, -0.1) is 0 Å². The lowest BCUT2D eigenvalue weighted by Crippen LogP contribution is -2.10. The molecule has 1 saturated carbocycles. The van der Waals surface area contributed by atoms with Crippen LogP contribution in [0.2, 0.25) is 0 Å². The number of nitrogens with one attached hydrogen (secondary N) is 1. The lowest BCUT2D eigenvalue weighted by Gasteiger charge is -2.20. The van der Waals surface area contributed by atoms with Crippen LogP contribution in [0.15, 0.2) is 17.2 Å². The number of nitrogens with zero attached hydrogens (tertiary/aromatic N) is 3. The summed E-state index contributed by atoms with van der Waals surface area (Å²) in [5.41, 5.74) is 0.716. The number of H-pyrrole nitrogens is 1. The molecule has 1 aliphatic rings. The van der Waals surface area contributed by atoms with Crippen LogP contribution < -0.4 is 14.2 Å². The highest BCUT2D eigenvalue weighted by molar-refractivity contribution is 7.71. The van der Waals surface area contributed by atoms with Crippen molar-refractivity contribution in [3.05, 3.63) is 28.3 Å². The molecule has 26 heavy (non-hydrogen) atoms. The van der Waals surface area contributed by atoms with Crippen molar-refractivity contribution in [1.82, 2.24) is 14.9 Å². The zero-order chi connectivity index (χ0) is 18.5. The van der Waals surface area contributed by atoms with Gasteiger partial charge in [-0.05, 0) is 25.1 Å². The number of hydrogen-bond acceptors (Lipinski definition) is 6. The molecule has 0 radical (unpaired) electrons. The summed E-state index contributed by atoms with van der Waals surface area (Å²) in [5, 5.41) is 11.9. The second-order valence-corrected chi connectivity index (χ2v) is 6.61. The Kier molecular flexibility index (Phi) is 5.92. The minimum absolute atomic E-state index is 0.383. The van der Waals surface area contributed by atoms with Gasteiger partial charge in [0.2, 0.25) is 4.77 Å². The first-order valence-electron chi connectivity index (χ1n) is 8.69. The fourth-order valence-electron chi connectivity index (χ4n) is 3.32. The molecule has 0 unspecified atom stereocenters. The van der Waals surface area contributed by atoms with Crippen LogP contribution in [0.5, 0.6) is 17.2 Å². The van der Waals surface area contributed by atoms with Gasteiger partial charge in [-0.25, -0.2) is 0 Å². The molecule has 0 amide bonds. The van der Waals surface area contributed by atoms with Crippen molar-refractivity contribution in [2.24, 2.45) is 5.10 Å². The molecule has 0 spiro atoms. The lowest BCUT2D eigenvalue weighted by molar-refractivity contribution is 0.374. The summed E-state index contributed by atoms with van der Waals surface area (Å²) in [7, 11) is 4.80. The molecule has 7 nitrogen and oxygen atoms in total. The summed E-state index contributed by atoms with van der Waals surface area (Å²) in [6, 6.07) is 3.58. The first-order chi connectivity index (χ1) is 12.7. The highest BCUT2D eigenvalue weighted by atomic mass is 32.1. The monoisotopic (exact) mass is 376 g/mol. The van der Waals surface area contributed by atoms with E-state index < -0.39 is 0 Å². The van der Waals surface area contributed by atoms with Crippen LogP contribution in [0.25, 0.3) is 0 Å². The molecule has 0 saturated heterocycles. The van der Waals surface area contributed by atoms with Crippen molar-refractivity contribution < 1.29 is 14.2 Å². The molecule has 140 valence electrons. The molecule has 1 N–H and O–H groups in total. The van der Waals surface area contributed by atoms with E-state index in [1.165, 1.54) is 19.3 Å². The van der Waals surface area contributed by atoms with E-state index in [-0.39, 0.29) is 0 Å². The lowest BCUT2D eigenvalue weighted by atomic mass is 9.89. The Hall–Kier alpha value is -2.35. The largest absolute Gasteiger partial charge is 0.496 e. The molecule has 8 heteroatoms. The van der Waals surface area contributed by atoms with E-state index in [0.717, 1.165) is 18.7 Å². The molecule has 1 aromatic carbocycles. The normalized spacial score (nSPS) is 15.3. The highest BCUT2D eigenvalue weighted by Gasteiger charge is 2.21. The molecule has 1 heterocycles. The van der Waals surface area contributed by atoms with Gasteiger partial charge in [0.1, 0.15) is 17.2 Å². The van der Waals surface area contributed by atoms with Crippen molar-refractivity contribution in [3.8, 4) is 17.2 Å². The molecule has 1 fully saturated rings. The molecular weight excluding hydrogens is 352 g/mol. The Morgan fingerprint density at radius 2 is 1.77 bits per heavy atom. The van der Waals surface area contributed by atoms with Crippen molar-refractivity contribution in [3.63, 3.8) is 0 Å². The molecule has 2 aromatic rings. The summed E-state index contributed by atoms with van der Waals surface area (Å²) >= 11 is 5.37. The third kappa shape index (κ3) is 3.75. The molecule has 0 atom stereocenters. The van der Waals surface area contributed by atoms with Gasteiger partial charge in [-0.3, -0.25) is 5.10 Å². The molecular formula is C18H24N4O3S. The summed E-state index contributed by atoms with van der Waals surface area (Å²) < 4.78 is 18.4. The number of methoxy groups -OCH3 is 3. The average Bonchev–Trinajstić information content (AvgIpc) is 3.06. The van der Waals surface area contributed by atoms with Crippen molar-refractivity contribution in [2.75, 3.05) is 21.3 Å². The standard InChI is InChI=1S/C18H24N4O3S/c1-23-13-9-15(24-2)14(16(10-13)25-3)11-19-22-17(20-21-18(22)26)12-7-5-4-6-8-12/h9-12H,4-8H2,1-3H3,(H,21,26)/b19-11-. The maximum absolute atomic E-state index is 5.47. The minimum atomic E-state index is 0.383. The van der Waals surface area contributed by atoms with Crippen LogP contribution in [0.4, 0.5) is 0 Å². The number of ether oxygens (including phenoxy) is 3. The third-order valence-electron chi connectivity index (χ3n) is 4.70. The van der Waals surface area contributed by atoms with Crippen molar-refractivity contribution in [2.45, 2.75) is 38.0 Å². The Bertz CT molecular complexity index is 812. The van der Waals surface area contributed by atoms with E-state index in [9.17, 15) is 0 Å². The zero-order valence-electron chi connectivity index (χ0n) is 15.3. The Labute approximate surface area is 158 Å². The fourth-order valence-corrected chi connectivity index (χ4v) is 3.50. The zero-order valence-corrected chi connectivity index (χ0v) is 16.1. The number of rotatable bonds is 6. The Morgan fingerprint density at radius 3 is 2.35 bits per heavy atom. The van der Waals surface area contributed by atoms with Crippen LogP contribution in [-0.4, -0.2) is 42.4 Å². The van der Waals surface area contributed by atoms with E-state index in [1.54, 1.807) is 44.4 Å². The number of aromatic amines is 1. The van der Waals surface area contributed by atoms with Gasteiger partial charge >= 0.3 is 0 Å². The predicted molar refractivity (Wildman–Crippen MR) is 102 cm³/mol. The van der Waals surface area contributed by atoms with Crippen molar-refractivity contribution in [1.29, 1.82) is 0 Å². The third-order valence-corrected chi connectivity index (χ3v) is 4.97. The van der Waals surface area contributed by atoms with Gasteiger partial charge in [0.25, 0.3) is 0 Å². The second-order valence-electron chi connectivity index (χ2n) is 6.22. The SMILES string of the molecule is COc1cc(OC)c(/C=N\n2c(C3CCCCC3)n[nH]c2=S)c(OC)c1. The van der Waals surface area contributed by atoms with Crippen LogP contribution >= 0.6 is 12.2 Å². The minimum Gasteiger partial charge on any atom is -0.496 e. The molecule has 1 aromatic heterocycles. The summed E-state index contributed by atoms with van der Waals surface area (Å²) in [6.45, 7) is 0. The van der Waals surface area contributed by atoms with Crippen LogP contribution in [0.1, 0.15) is 49.4 Å². The van der Waals surface area contributed by atoms with E-state index in [1.807, 2.05) is 0 Å². The van der Waals surface area contributed by atoms with Crippen molar-refractivity contribution >= 4 is 18.4 Å². The smallest absolute Gasteiger partial charge is 0.216 e. The van der Waals surface area contributed by atoms with Gasteiger partial charge in [-0.1, -0.05) is 19.3 Å². The maximum Gasteiger partial charge on any atom is 0.216 e. The Balaban J connectivity index is 1.98. The summed E-state index contributed by atoms with van der Waals surface area (Å²) in [4.78, 5) is 0. The van der Waals surface area contributed by atoms with E-state index in [2.05, 4.69) is 15.3 Å². The first kappa shape index (κ1) is 18.4. The second kappa shape index (κ2) is 8.35. The molecule has 0 bridgehead atoms. The van der Waals surface area contributed by atoms with Crippen LogP contribution in [0.3, 0.4) is 0 Å². The fraction of sp³-hybridized carbons (Fsp3) is 0.500. The number of benzene rings is 1. The molecule has 3 rings (SSSR count). The average molecular weight is 376 g/mol. The number of hydrogen-bond donors (Lipinski definition) is 1. The van der Waals surface area contributed by atoms with Crippen LogP contribution in [-0.2, 0) is 0 Å².